The zero-order valence-electron chi connectivity index (χ0n) is 12.2. The lowest BCUT2D eigenvalue weighted by atomic mass is 9.60. The Bertz CT molecular complexity index is 496. The topological polar surface area (TPSA) is 3.24 Å². The highest BCUT2D eigenvalue weighted by Crippen LogP contribution is 2.52. The lowest BCUT2D eigenvalue weighted by Crippen LogP contribution is -2.45. The third-order valence-corrected chi connectivity index (χ3v) is 6.19. The van der Waals surface area contributed by atoms with E-state index < -0.39 is 0 Å². The Morgan fingerprint density at radius 3 is 2.60 bits per heavy atom. The Morgan fingerprint density at radius 1 is 1.10 bits per heavy atom. The molecule has 0 saturated heterocycles. The number of halogens is 1. The van der Waals surface area contributed by atoms with Crippen LogP contribution in [0.5, 0.6) is 0 Å². The number of benzene rings is 1. The SMILES string of the molecule is Fc1cccc2c1CN(C1CCC3(CCC3)CC1)CC2. The largest absolute Gasteiger partial charge is 0.296 e. The average molecular weight is 273 g/mol. The van der Waals surface area contributed by atoms with Gasteiger partial charge < -0.3 is 0 Å². The standard InChI is InChI=1S/C18H24FN/c19-17-4-1-3-14-7-12-20(13-16(14)17)15-5-10-18(11-6-15)8-2-9-18/h1,3-4,15H,2,5-13H2. The monoisotopic (exact) mass is 273 g/mol. The third kappa shape index (κ3) is 2.09. The molecule has 0 bridgehead atoms. The summed E-state index contributed by atoms with van der Waals surface area (Å²) in [6, 6.07) is 6.27. The van der Waals surface area contributed by atoms with Crippen molar-refractivity contribution in [3.63, 3.8) is 0 Å². The average Bonchev–Trinajstić information content (AvgIpc) is 2.46. The van der Waals surface area contributed by atoms with Crippen LogP contribution in [-0.4, -0.2) is 17.5 Å². The Morgan fingerprint density at radius 2 is 1.90 bits per heavy atom. The van der Waals surface area contributed by atoms with Crippen LogP contribution in [0.3, 0.4) is 0 Å². The first kappa shape index (κ1) is 12.8. The number of fused-ring (bicyclic) bond motifs is 1. The fourth-order valence-corrected chi connectivity index (χ4v) is 4.63. The molecule has 3 aliphatic rings. The minimum atomic E-state index is -0.00141. The lowest BCUT2D eigenvalue weighted by Gasteiger charge is -2.49. The molecule has 1 nitrogen and oxygen atoms in total. The number of hydrogen-bond acceptors (Lipinski definition) is 1. The Hall–Kier alpha value is -0.890. The van der Waals surface area contributed by atoms with Crippen LogP contribution in [0, 0.1) is 11.2 Å². The first-order valence-electron chi connectivity index (χ1n) is 8.26. The van der Waals surface area contributed by atoms with Crippen LogP contribution in [0.1, 0.15) is 56.1 Å². The summed E-state index contributed by atoms with van der Waals surface area (Å²) in [4.78, 5) is 2.55. The van der Waals surface area contributed by atoms with Gasteiger partial charge in [-0.05, 0) is 62.0 Å². The van der Waals surface area contributed by atoms with E-state index in [4.69, 9.17) is 0 Å². The van der Waals surface area contributed by atoms with Crippen molar-refractivity contribution in [1.29, 1.82) is 0 Å². The van der Waals surface area contributed by atoms with Gasteiger partial charge in [-0.15, -0.1) is 0 Å². The van der Waals surface area contributed by atoms with Crippen molar-refractivity contribution in [2.75, 3.05) is 6.54 Å². The number of hydrogen-bond donors (Lipinski definition) is 0. The van der Waals surface area contributed by atoms with Crippen molar-refractivity contribution in [3.8, 4) is 0 Å². The van der Waals surface area contributed by atoms with Gasteiger partial charge in [-0.3, -0.25) is 4.90 Å². The molecule has 1 spiro atoms. The van der Waals surface area contributed by atoms with Crippen LogP contribution >= 0.6 is 0 Å². The fraction of sp³-hybridized carbons (Fsp3) is 0.667. The van der Waals surface area contributed by atoms with E-state index in [1.807, 2.05) is 6.07 Å². The molecule has 2 heteroatoms. The van der Waals surface area contributed by atoms with Gasteiger partial charge in [0.2, 0.25) is 0 Å². The molecule has 1 aliphatic heterocycles. The second kappa shape index (κ2) is 4.84. The minimum Gasteiger partial charge on any atom is -0.296 e. The molecule has 0 aromatic heterocycles. The molecule has 0 atom stereocenters. The van der Waals surface area contributed by atoms with Crippen LogP contribution < -0.4 is 0 Å². The van der Waals surface area contributed by atoms with E-state index in [0.29, 0.717) is 6.04 Å². The molecular weight excluding hydrogens is 249 g/mol. The van der Waals surface area contributed by atoms with E-state index in [1.165, 1.54) is 50.5 Å². The van der Waals surface area contributed by atoms with Crippen molar-refractivity contribution in [3.05, 3.63) is 35.1 Å². The van der Waals surface area contributed by atoms with Crippen molar-refractivity contribution in [2.45, 2.75) is 64.0 Å². The van der Waals surface area contributed by atoms with E-state index in [-0.39, 0.29) is 5.82 Å². The summed E-state index contributed by atoms with van der Waals surface area (Å²) in [5.41, 5.74) is 2.92. The molecule has 2 fully saturated rings. The molecule has 0 amide bonds. The van der Waals surface area contributed by atoms with Crippen LogP contribution in [0.25, 0.3) is 0 Å². The van der Waals surface area contributed by atoms with Gasteiger partial charge in [-0.25, -0.2) is 4.39 Å². The molecule has 108 valence electrons. The summed E-state index contributed by atoms with van der Waals surface area (Å²) >= 11 is 0. The normalized spacial score (nSPS) is 26.2. The number of nitrogens with zero attached hydrogens (tertiary/aromatic N) is 1. The van der Waals surface area contributed by atoms with Gasteiger partial charge in [0.1, 0.15) is 5.82 Å². The summed E-state index contributed by atoms with van der Waals surface area (Å²) in [5.74, 6) is -0.00141. The summed E-state index contributed by atoms with van der Waals surface area (Å²) in [6.45, 7) is 1.95. The zero-order valence-corrected chi connectivity index (χ0v) is 12.2. The van der Waals surface area contributed by atoms with Crippen LogP contribution in [0.15, 0.2) is 18.2 Å². The smallest absolute Gasteiger partial charge is 0.127 e. The molecule has 2 aliphatic carbocycles. The van der Waals surface area contributed by atoms with E-state index in [2.05, 4.69) is 11.0 Å². The zero-order chi connectivity index (χ0) is 13.6. The lowest BCUT2D eigenvalue weighted by molar-refractivity contribution is 0.0261. The van der Waals surface area contributed by atoms with E-state index >= 15 is 0 Å². The predicted molar refractivity (Wildman–Crippen MR) is 79.1 cm³/mol. The molecule has 2 saturated carbocycles. The Balaban J connectivity index is 1.45. The van der Waals surface area contributed by atoms with E-state index in [9.17, 15) is 4.39 Å². The minimum absolute atomic E-state index is 0.00141. The maximum atomic E-state index is 14.0. The van der Waals surface area contributed by atoms with Gasteiger partial charge in [0.05, 0.1) is 0 Å². The Kier molecular flexibility index (Phi) is 3.10. The summed E-state index contributed by atoms with van der Waals surface area (Å²) in [6.07, 6.45) is 10.9. The second-order valence-corrected chi connectivity index (χ2v) is 7.18. The molecule has 20 heavy (non-hydrogen) atoms. The highest BCUT2D eigenvalue weighted by atomic mass is 19.1. The molecule has 1 heterocycles. The first-order valence-corrected chi connectivity index (χ1v) is 8.26. The molecular formula is C18H24FN. The molecule has 0 N–H and O–H groups in total. The van der Waals surface area contributed by atoms with Crippen molar-refractivity contribution < 1.29 is 4.39 Å². The molecule has 1 aromatic rings. The molecule has 4 rings (SSSR count). The first-order chi connectivity index (χ1) is 9.76. The van der Waals surface area contributed by atoms with Gasteiger partial charge in [0.15, 0.2) is 0 Å². The van der Waals surface area contributed by atoms with Crippen molar-refractivity contribution in [1.82, 2.24) is 4.90 Å². The number of rotatable bonds is 1. The molecule has 0 unspecified atom stereocenters. The van der Waals surface area contributed by atoms with Gasteiger partial charge in [0.25, 0.3) is 0 Å². The van der Waals surface area contributed by atoms with Crippen LogP contribution in [0.2, 0.25) is 0 Å². The molecule has 0 radical (unpaired) electrons. The summed E-state index contributed by atoms with van der Waals surface area (Å²) in [5, 5.41) is 0. The van der Waals surface area contributed by atoms with Crippen molar-refractivity contribution >= 4 is 0 Å². The quantitative estimate of drug-likeness (QED) is 0.737. The highest BCUT2D eigenvalue weighted by Gasteiger charge is 2.41. The Labute approximate surface area is 121 Å². The van der Waals surface area contributed by atoms with Crippen molar-refractivity contribution in [2.24, 2.45) is 5.41 Å². The third-order valence-electron chi connectivity index (χ3n) is 6.19. The summed E-state index contributed by atoms with van der Waals surface area (Å²) in [7, 11) is 0. The van der Waals surface area contributed by atoms with Crippen LogP contribution in [0.4, 0.5) is 4.39 Å². The van der Waals surface area contributed by atoms with E-state index in [0.717, 1.165) is 30.5 Å². The maximum Gasteiger partial charge on any atom is 0.127 e. The van der Waals surface area contributed by atoms with Gasteiger partial charge in [0, 0.05) is 24.7 Å². The van der Waals surface area contributed by atoms with Gasteiger partial charge >= 0.3 is 0 Å². The predicted octanol–water partition coefficient (Wildman–Crippen LogP) is 4.30. The molecule has 1 aromatic carbocycles. The maximum absolute atomic E-state index is 14.0. The van der Waals surface area contributed by atoms with Crippen LogP contribution in [-0.2, 0) is 13.0 Å². The fourth-order valence-electron chi connectivity index (χ4n) is 4.63. The van der Waals surface area contributed by atoms with Gasteiger partial charge in [-0.2, -0.15) is 0 Å². The highest BCUT2D eigenvalue weighted by molar-refractivity contribution is 5.30. The van der Waals surface area contributed by atoms with Gasteiger partial charge in [-0.1, -0.05) is 18.6 Å². The summed E-state index contributed by atoms with van der Waals surface area (Å²) < 4.78 is 14.0. The second-order valence-electron chi connectivity index (χ2n) is 7.18. The van der Waals surface area contributed by atoms with E-state index in [1.54, 1.807) is 6.07 Å².